The molecule has 0 aliphatic rings. The summed E-state index contributed by atoms with van der Waals surface area (Å²) in [5.41, 5.74) is 1.26. The van der Waals surface area contributed by atoms with Crippen molar-refractivity contribution in [2.75, 3.05) is 6.61 Å². The van der Waals surface area contributed by atoms with Gasteiger partial charge in [-0.2, -0.15) is 0 Å². The molecule has 2 rings (SSSR count). The van der Waals surface area contributed by atoms with Gasteiger partial charge in [0.15, 0.2) is 0 Å². The van der Waals surface area contributed by atoms with Crippen LogP contribution in [-0.4, -0.2) is 21.5 Å². The molecule has 0 spiro atoms. The third-order valence-electron chi connectivity index (χ3n) is 2.99. The molecule has 2 aromatic rings. The zero-order valence-corrected chi connectivity index (χ0v) is 12.0. The van der Waals surface area contributed by atoms with E-state index in [-0.39, 0.29) is 17.7 Å². The van der Waals surface area contributed by atoms with E-state index in [0.717, 1.165) is 10.4 Å². The summed E-state index contributed by atoms with van der Waals surface area (Å²) in [6.07, 6.45) is 0. The van der Waals surface area contributed by atoms with Crippen molar-refractivity contribution < 1.29 is 5.11 Å². The third kappa shape index (κ3) is 2.90. The molecule has 2 aromatic heterocycles. The first kappa shape index (κ1) is 14.3. The number of rotatable bonds is 2. The lowest BCUT2D eigenvalue weighted by molar-refractivity contribution is 0.350. The molecule has 6 heteroatoms. The molecule has 0 fully saturated rings. The quantitative estimate of drug-likeness (QED) is 0.796. The molecule has 0 aromatic carbocycles. The fourth-order valence-electron chi connectivity index (χ4n) is 1.73. The van der Waals surface area contributed by atoms with Crippen LogP contribution < -0.4 is 11.1 Å². The molecule has 0 atom stereocenters. The topological polar surface area (TPSA) is 75.1 Å². The number of aliphatic hydroxyl groups is 1. The molecule has 2 N–H and O–H groups in total. The van der Waals surface area contributed by atoms with Gasteiger partial charge in [0.25, 0.3) is 11.1 Å². The average Bonchev–Trinajstić information content (AvgIpc) is 2.87. The van der Waals surface area contributed by atoms with Crippen molar-refractivity contribution in [3.63, 3.8) is 0 Å². The highest BCUT2D eigenvalue weighted by Crippen LogP contribution is 2.14. The number of hydrogen-bond acceptors (Lipinski definition) is 4. The van der Waals surface area contributed by atoms with Crippen molar-refractivity contribution in [1.29, 1.82) is 0 Å². The number of aliphatic hydroxyl groups excluding tert-OH is 1. The minimum Gasteiger partial charge on any atom is -0.384 e. The molecular weight excluding hydrogens is 276 g/mol. The molecule has 20 heavy (non-hydrogen) atoms. The molecule has 0 unspecified atom stereocenters. The van der Waals surface area contributed by atoms with E-state index in [4.69, 9.17) is 5.11 Å². The lowest BCUT2D eigenvalue weighted by Gasteiger charge is -2.06. The summed E-state index contributed by atoms with van der Waals surface area (Å²) in [5, 5.41) is 13.1. The first-order chi connectivity index (χ1) is 9.52. The van der Waals surface area contributed by atoms with Crippen LogP contribution in [0.25, 0.3) is 0 Å². The summed E-state index contributed by atoms with van der Waals surface area (Å²) in [6.45, 7) is 3.40. The van der Waals surface area contributed by atoms with E-state index in [1.807, 2.05) is 11.4 Å². The number of aromatic amines is 1. The summed E-state index contributed by atoms with van der Waals surface area (Å²) in [5.74, 6) is 5.36. The summed E-state index contributed by atoms with van der Waals surface area (Å²) in [6, 6.07) is 1.84. The van der Waals surface area contributed by atoms with Crippen LogP contribution in [-0.2, 0) is 6.54 Å². The number of H-pyrrole nitrogens is 1. The lowest BCUT2D eigenvalue weighted by atomic mass is 10.2. The van der Waals surface area contributed by atoms with Gasteiger partial charge in [0.2, 0.25) is 0 Å². The Morgan fingerprint density at radius 2 is 2.10 bits per heavy atom. The monoisotopic (exact) mass is 290 g/mol. The van der Waals surface area contributed by atoms with Gasteiger partial charge in [-0.05, 0) is 19.9 Å². The van der Waals surface area contributed by atoms with Crippen LogP contribution in [0.1, 0.15) is 21.6 Å². The maximum Gasteiger partial charge on any atom is 0.268 e. The smallest absolute Gasteiger partial charge is 0.268 e. The van der Waals surface area contributed by atoms with Crippen molar-refractivity contribution >= 4 is 11.3 Å². The van der Waals surface area contributed by atoms with Crippen LogP contribution in [0, 0.1) is 25.7 Å². The minimum atomic E-state index is -0.251. The Labute approximate surface area is 119 Å². The van der Waals surface area contributed by atoms with E-state index >= 15 is 0 Å². The van der Waals surface area contributed by atoms with Crippen LogP contribution in [0.4, 0.5) is 0 Å². The predicted molar refractivity (Wildman–Crippen MR) is 78.2 cm³/mol. The number of nitrogens with one attached hydrogen (secondary N) is 1. The van der Waals surface area contributed by atoms with Crippen LogP contribution in [0.5, 0.6) is 0 Å². The second kappa shape index (κ2) is 5.90. The number of aromatic nitrogens is 2. The van der Waals surface area contributed by atoms with Crippen molar-refractivity contribution in [2.24, 2.45) is 0 Å². The summed E-state index contributed by atoms with van der Waals surface area (Å²) >= 11 is 1.45. The molecule has 104 valence electrons. The van der Waals surface area contributed by atoms with Gasteiger partial charge in [-0.25, -0.2) is 4.68 Å². The summed E-state index contributed by atoms with van der Waals surface area (Å²) in [7, 11) is 0. The maximum absolute atomic E-state index is 12.1. The van der Waals surface area contributed by atoms with E-state index in [1.54, 1.807) is 13.8 Å². The lowest BCUT2D eigenvalue weighted by Crippen LogP contribution is -2.33. The van der Waals surface area contributed by atoms with Gasteiger partial charge in [-0.3, -0.25) is 14.7 Å². The van der Waals surface area contributed by atoms with Gasteiger partial charge in [0.1, 0.15) is 6.61 Å². The fraction of sp³-hybridized carbons (Fsp3) is 0.286. The van der Waals surface area contributed by atoms with Crippen LogP contribution in [0.2, 0.25) is 0 Å². The molecule has 0 amide bonds. The minimum absolute atomic E-state index is 0.185. The normalized spacial score (nSPS) is 10.2. The fourth-order valence-corrected chi connectivity index (χ4v) is 2.53. The largest absolute Gasteiger partial charge is 0.384 e. The van der Waals surface area contributed by atoms with E-state index in [0.29, 0.717) is 17.7 Å². The molecule has 0 aliphatic carbocycles. The molecule has 0 radical (unpaired) electrons. The zero-order chi connectivity index (χ0) is 14.7. The number of thiophene rings is 1. The Hall–Kier alpha value is -2.10. The highest BCUT2D eigenvalue weighted by molar-refractivity contribution is 7.10. The molecule has 0 saturated heterocycles. The van der Waals surface area contributed by atoms with Crippen LogP contribution in [0.3, 0.4) is 0 Å². The van der Waals surface area contributed by atoms with Crippen LogP contribution >= 0.6 is 11.3 Å². The Morgan fingerprint density at radius 3 is 2.80 bits per heavy atom. The summed E-state index contributed by atoms with van der Waals surface area (Å²) < 4.78 is 1.31. The molecule has 5 nitrogen and oxygen atoms in total. The third-order valence-corrected chi connectivity index (χ3v) is 3.91. The first-order valence-electron chi connectivity index (χ1n) is 6.00. The Morgan fingerprint density at radius 1 is 1.35 bits per heavy atom. The number of nitrogens with zero attached hydrogens (tertiary/aromatic N) is 1. The SMILES string of the molecule is Cc1c(C)c(=O)n(Cc2cc(C#CCO)cs2)[nH]c1=O. The van der Waals surface area contributed by atoms with E-state index in [9.17, 15) is 9.59 Å². The molecular formula is C14H14N2O3S. The second-order valence-electron chi connectivity index (χ2n) is 4.34. The van der Waals surface area contributed by atoms with Gasteiger partial charge < -0.3 is 5.11 Å². The van der Waals surface area contributed by atoms with Gasteiger partial charge in [-0.15, -0.1) is 11.3 Å². The Balaban J connectivity index is 2.34. The van der Waals surface area contributed by atoms with Gasteiger partial charge in [0.05, 0.1) is 6.54 Å². The maximum atomic E-state index is 12.1. The van der Waals surface area contributed by atoms with Crippen LogP contribution in [0.15, 0.2) is 21.0 Å². The predicted octanol–water partition coefficient (Wildman–Crippen LogP) is 0.607. The average molecular weight is 290 g/mol. The van der Waals surface area contributed by atoms with Gasteiger partial charge in [0, 0.05) is 26.9 Å². The molecule has 0 saturated carbocycles. The van der Waals surface area contributed by atoms with E-state index in [1.165, 1.54) is 16.0 Å². The zero-order valence-electron chi connectivity index (χ0n) is 11.2. The molecule has 0 bridgehead atoms. The number of hydrogen-bond donors (Lipinski definition) is 2. The second-order valence-corrected chi connectivity index (χ2v) is 5.34. The highest BCUT2D eigenvalue weighted by Gasteiger charge is 2.08. The Kier molecular flexibility index (Phi) is 4.23. The summed E-state index contributed by atoms with van der Waals surface area (Å²) in [4.78, 5) is 24.7. The Bertz CT molecular complexity index is 802. The van der Waals surface area contributed by atoms with Crippen molar-refractivity contribution in [3.8, 4) is 11.8 Å². The van der Waals surface area contributed by atoms with E-state index in [2.05, 4.69) is 16.9 Å². The standard InChI is InChI=1S/C14H14N2O3S/c1-9-10(2)14(19)16(15-13(9)18)7-12-6-11(8-20-12)4-3-5-17/h6,8,17H,5,7H2,1-2H3,(H,15,18). The van der Waals surface area contributed by atoms with Crippen molar-refractivity contribution in [1.82, 2.24) is 9.78 Å². The highest BCUT2D eigenvalue weighted by atomic mass is 32.1. The first-order valence-corrected chi connectivity index (χ1v) is 6.88. The molecule has 2 heterocycles. The van der Waals surface area contributed by atoms with Crippen molar-refractivity contribution in [3.05, 3.63) is 53.7 Å². The van der Waals surface area contributed by atoms with E-state index < -0.39 is 0 Å². The van der Waals surface area contributed by atoms with Gasteiger partial charge >= 0.3 is 0 Å². The van der Waals surface area contributed by atoms with Crippen molar-refractivity contribution in [2.45, 2.75) is 20.4 Å². The molecule has 0 aliphatic heterocycles. The van der Waals surface area contributed by atoms with Gasteiger partial charge in [-0.1, -0.05) is 11.8 Å².